The minimum absolute atomic E-state index is 0.367. The molecule has 0 saturated heterocycles. The Morgan fingerprint density at radius 3 is 1.58 bits per heavy atom. The Kier molecular flexibility index (Phi) is 14.6. The lowest BCUT2D eigenvalue weighted by Crippen LogP contribution is -2.20. The predicted octanol–water partition coefficient (Wildman–Crippen LogP) is 3.81. The number of aliphatic hydroxyl groups is 2. The van der Waals surface area contributed by atoms with Gasteiger partial charge >= 0.3 is 0 Å². The third-order valence-corrected chi connectivity index (χ3v) is 3.95. The molecule has 0 amide bonds. The fraction of sp³-hybridized carbons (Fsp3) is 0.900. The lowest BCUT2D eigenvalue weighted by Gasteiger charge is -2.18. The molecule has 144 valence electrons. The first kappa shape index (κ1) is 23.6. The Morgan fingerprint density at radius 1 is 0.833 bits per heavy atom. The van der Waals surface area contributed by atoms with E-state index in [2.05, 4.69) is 34.3 Å². The van der Waals surface area contributed by atoms with E-state index in [0.29, 0.717) is 44.2 Å². The van der Waals surface area contributed by atoms with Crippen LogP contribution in [-0.2, 0) is 9.47 Å². The Bertz CT molecular complexity index is 267. The van der Waals surface area contributed by atoms with Crippen molar-refractivity contribution in [2.24, 2.45) is 17.8 Å². The largest absolute Gasteiger partial charge is 0.391 e. The summed E-state index contributed by atoms with van der Waals surface area (Å²) in [4.78, 5) is 0. The van der Waals surface area contributed by atoms with Crippen LogP contribution in [0.15, 0.2) is 12.7 Å². The van der Waals surface area contributed by atoms with Crippen molar-refractivity contribution >= 4 is 0 Å². The molecule has 4 nitrogen and oxygen atoms in total. The van der Waals surface area contributed by atoms with Gasteiger partial charge < -0.3 is 19.7 Å². The molecule has 0 aromatic heterocycles. The van der Waals surface area contributed by atoms with Crippen LogP contribution in [-0.4, -0.2) is 48.8 Å². The van der Waals surface area contributed by atoms with Crippen molar-refractivity contribution < 1.29 is 19.7 Å². The highest BCUT2D eigenvalue weighted by Crippen LogP contribution is 2.15. The molecule has 0 radical (unpaired) electrons. The van der Waals surface area contributed by atoms with Gasteiger partial charge in [-0.2, -0.15) is 0 Å². The van der Waals surface area contributed by atoms with Crippen molar-refractivity contribution in [2.45, 2.75) is 72.0 Å². The van der Waals surface area contributed by atoms with Gasteiger partial charge in [0, 0.05) is 13.2 Å². The highest BCUT2D eigenvalue weighted by molar-refractivity contribution is 4.73. The summed E-state index contributed by atoms with van der Waals surface area (Å²) in [6.45, 7) is 14.4. The van der Waals surface area contributed by atoms with E-state index in [1.165, 1.54) is 0 Å². The van der Waals surface area contributed by atoms with Crippen LogP contribution in [0.5, 0.6) is 0 Å². The molecule has 0 saturated carbocycles. The maximum atomic E-state index is 9.79. The summed E-state index contributed by atoms with van der Waals surface area (Å²) in [5, 5.41) is 19.6. The quantitative estimate of drug-likeness (QED) is 0.330. The molecule has 0 rings (SSSR count). The van der Waals surface area contributed by atoms with Crippen molar-refractivity contribution in [1.82, 2.24) is 0 Å². The van der Waals surface area contributed by atoms with E-state index in [1.807, 2.05) is 6.08 Å². The normalized spacial score (nSPS) is 14.5. The van der Waals surface area contributed by atoms with Gasteiger partial charge in [0.05, 0.1) is 25.4 Å². The SMILES string of the molecule is C=CCC(CCOC[C@@H](O)CC(C)C)CCOC[C@@H](O)CC(C)C. The van der Waals surface area contributed by atoms with Gasteiger partial charge in [-0.15, -0.1) is 6.58 Å². The van der Waals surface area contributed by atoms with E-state index in [1.54, 1.807) is 0 Å². The summed E-state index contributed by atoms with van der Waals surface area (Å²) < 4.78 is 11.2. The molecule has 0 bridgehead atoms. The third-order valence-electron chi connectivity index (χ3n) is 3.95. The minimum atomic E-state index is -0.367. The van der Waals surface area contributed by atoms with E-state index < -0.39 is 0 Å². The van der Waals surface area contributed by atoms with Gasteiger partial charge in [-0.25, -0.2) is 0 Å². The molecule has 0 aliphatic heterocycles. The van der Waals surface area contributed by atoms with Gasteiger partial charge in [-0.1, -0.05) is 33.8 Å². The van der Waals surface area contributed by atoms with Gasteiger partial charge in [0.15, 0.2) is 0 Å². The van der Waals surface area contributed by atoms with Crippen LogP contribution in [0, 0.1) is 17.8 Å². The first-order chi connectivity index (χ1) is 11.3. The van der Waals surface area contributed by atoms with Crippen molar-refractivity contribution in [3.8, 4) is 0 Å². The fourth-order valence-corrected chi connectivity index (χ4v) is 2.78. The van der Waals surface area contributed by atoms with Crippen LogP contribution in [0.3, 0.4) is 0 Å². The molecule has 0 aromatic carbocycles. The standard InChI is InChI=1S/C20H40O4/c1-6-7-18(8-10-23-14-19(21)12-16(2)3)9-11-24-15-20(22)13-17(4)5/h6,16-22H,1,7-15H2,2-5H3/t19-,20-/m0/s1. The zero-order chi connectivity index (χ0) is 18.4. The van der Waals surface area contributed by atoms with Gasteiger partial charge in [0.2, 0.25) is 0 Å². The second kappa shape index (κ2) is 14.9. The zero-order valence-electron chi connectivity index (χ0n) is 16.2. The molecule has 0 aliphatic carbocycles. The first-order valence-corrected chi connectivity index (χ1v) is 9.47. The summed E-state index contributed by atoms with van der Waals surface area (Å²) in [5.41, 5.74) is 0. The highest BCUT2D eigenvalue weighted by Gasteiger charge is 2.11. The van der Waals surface area contributed by atoms with Crippen molar-refractivity contribution in [3.63, 3.8) is 0 Å². The molecule has 0 spiro atoms. The fourth-order valence-electron chi connectivity index (χ4n) is 2.78. The number of aliphatic hydroxyl groups excluding tert-OH is 2. The van der Waals surface area contributed by atoms with Crippen molar-refractivity contribution in [2.75, 3.05) is 26.4 Å². The Morgan fingerprint density at radius 2 is 1.25 bits per heavy atom. The maximum absolute atomic E-state index is 9.79. The minimum Gasteiger partial charge on any atom is -0.391 e. The van der Waals surface area contributed by atoms with Crippen molar-refractivity contribution in [1.29, 1.82) is 0 Å². The lowest BCUT2D eigenvalue weighted by molar-refractivity contribution is 0.0118. The summed E-state index contributed by atoms with van der Waals surface area (Å²) in [6, 6.07) is 0. The molecule has 0 aromatic rings. The van der Waals surface area contributed by atoms with Crippen LogP contribution in [0.2, 0.25) is 0 Å². The molecule has 0 fully saturated rings. The smallest absolute Gasteiger partial charge is 0.0776 e. The summed E-state index contributed by atoms with van der Waals surface area (Å²) in [5.74, 6) is 1.45. The summed E-state index contributed by atoms with van der Waals surface area (Å²) in [7, 11) is 0. The molecule has 2 atom stereocenters. The lowest BCUT2D eigenvalue weighted by atomic mass is 9.98. The number of ether oxygens (including phenoxy) is 2. The maximum Gasteiger partial charge on any atom is 0.0776 e. The molecule has 2 N–H and O–H groups in total. The van der Waals surface area contributed by atoms with Gasteiger partial charge in [0.1, 0.15) is 0 Å². The van der Waals surface area contributed by atoms with Gasteiger partial charge in [-0.05, 0) is 49.9 Å². The van der Waals surface area contributed by atoms with E-state index in [9.17, 15) is 10.2 Å². The number of hydrogen-bond acceptors (Lipinski definition) is 4. The summed E-state index contributed by atoms with van der Waals surface area (Å²) >= 11 is 0. The Labute approximate surface area is 149 Å². The van der Waals surface area contributed by atoms with Crippen LogP contribution >= 0.6 is 0 Å². The molecule has 0 unspecified atom stereocenters. The molecular weight excluding hydrogens is 304 g/mol. The second-order valence-corrected chi connectivity index (χ2v) is 7.68. The zero-order valence-corrected chi connectivity index (χ0v) is 16.2. The molecular formula is C20H40O4. The van der Waals surface area contributed by atoms with Crippen LogP contribution in [0.4, 0.5) is 0 Å². The van der Waals surface area contributed by atoms with E-state index in [4.69, 9.17) is 9.47 Å². The van der Waals surface area contributed by atoms with E-state index in [-0.39, 0.29) is 12.2 Å². The van der Waals surface area contributed by atoms with Crippen LogP contribution < -0.4 is 0 Å². The average Bonchev–Trinajstić information content (AvgIpc) is 2.46. The molecule has 0 aliphatic rings. The number of hydrogen-bond donors (Lipinski definition) is 2. The van der Waals surface area contributed by atoms with Crippen molar-refractivity contribution in [3.05, 3.63) is 12.7 Å². The number of allylic oxidation sites excluding steroid dienone is 1. The predicted molar refractivity (Wildman–Crippen MR) is 100 cm³/mol. The first-order valence-electron chi connectivity index (χ1n) is 9.47. The summed E-state index contributed by atoms with van der Waals surface area (Å²) in [6.07, 6.45) is 5.59. The molecule has 24 heavy (non-hydrogen) atoms. The molecule has 4 heteroatoms. The van der Waals surface area contributed by atoms with E-state index in [0.717, 1.165) is 32.1 Å². The third kappa shape index (κ3) is 15.1. The second-order valence-electron chi connectivity index (χ2n) is 7.68. The molecule has 0 heterocycles. The van der Waals surface area contributed by atoms with Gasteiger partial charge in [0.25, 0.3) is 0 Å². The van der Waals surface area contributed by atoms with Gasteiger partial charge in [-0.3, -0.25) is 0 Å². The highest BCUT2D eigenvalue weighted by atomic mass is 16.5. The topological polar surface area (TPSA) is 58.9 Å². The van der Waals surface area contributed by atoms with E-state index >= 15 is 0 Å². The van der Waals surface area contributed by atoms with Crippen LogP contribution in [0.1, 0.15) is 59.8 Å². The number of rotatable bonds is 16. The van der Waals surface area contributed by atoms with Crippen LogP contribution in [0.25, 0.3) is 0 Å². The average molecular weight is 345 g/mol. The monoisotopic (exact) mass is 344 g/mol. The Hall–Kier alpha value is -0.420. The Balaban J connectivity index is 3.79.